The minimum atomic E-state index is 0.131. The van der Waals surface area contributed by atoms with Gasteiger partial charge in [0, 0.05) is 5.54 Å². The Kier molecular flexibility index (Phi) is 2.74. The summed E-state index contributed by atoms with van der Waals surface area (Å²) in [6, 6.07) is 3.50. The van der Waals surface area contributed by atoms with Crippen molar-refractivity contribution < 1.29 is 0 Å². The number of nitrogen functional groups attached to an aromatic ring is 1. The minimum absolute atomic E-state index is 0.131. The topological polar surface area (TPSA) is 50.9 Å². The molecule has 1 heterocycles. The van der Waals surface area contributed by atoms with Gasteiger partial charge in [-0.25, -0.2) is 4.98 Å². The zero-order valence-electron chi connectivity index (χ0n) is 8.89. The Balaban J connectivity index is 2.19. The third kappa shape index (κ3) is 2.34. The summed E-state index contributed by atoms with van der Waals surface area (Å²) in [4.78, 5) is 4.21. The maximum absolute atomic E-state index is 5.84. The Labute approximate surface area is 95.0 Å². The highest BCUT2D eigenvalue weighted by molar-refractivity contribution is 6.29. The molecule has 2 rings (SSSR count). The summed E-state index contributed by atoms with van der Waals surface area (Å²) in [6.07, 6.45) is 4.87. The van der Waals surface area contributed by atoms with Gasteiger partial charge in [-0.3, -0.25) is 0 Å². The first-order chi connectivity index (χ1) is 7.09. The van der Waals surface area contributed by atoms with Crippen LogP contribution in [-0.4, -0.2) is 10.5 Å². The molecule has 0 bridgehead atoms. The number of nitrogens with zero attached hydrogens (tertiary/aromatic N) is 1. The van der Waals surface area contributed by atoms with Crippen LogP contribution in [-0.2, 0) is 0 Å². The van der Waals surface area contributed by atoms with E-state index in [9.17, 15) is 0 Å². The second-order valence-corrected chi connectivity index (χ2v) is 4.85. The van der Waals surface area contributed by atoms with Crippen molar-refractivity contribution >= 4 is 23.1 Å². The molecule has 3 nitrogen and oxygen atoms in total. The fraction of sp³-hybridized carbons (Fsp3) is 0.545. The molecule has 15 heavy (non-hydrogen) atoms. The molecule has 0 radical (unpaired) electrons. The first-order valence-electron chi connectivity index (χ1n) is 5.29. The van der Waals surface area contributed by atoms with Gasteiger partial charge in [-0.05, 0) is 31.9 Å². The van der Waals surface area contributed by atoms with Gasteiger partial charge in [0.25, 0.3) is 0 Å². The summed E-state index contributed by atoms with van der Waals surface area (Å²) in [5.74, 6) is 0.715. The lowest BCUT2D eigenvalue weighted by molar-refractivity contribution is 0.531. The zero-order valence-corrected chi connectivity index (χ0v) is 9.64. The van der Waals surface area contributed by atoms with Gasteiger partial charge in [0.1, 0.15) is 5.15 Å². The van der Waals surface area contributed by atoms with E-state index in [1.54, 1.807) is 12.1 Å². The Bertz CT molecular complexity index is 359. The average Bonchev–Trinajstić information content (AvgIpc) is 2.59. The number of halogens is 1. The molecule has 82 valence electrons. The summed E-state index contributed by atoms with van der Waals surface area (Å²) in [7, 11) is 0. The van der Waals surface area contributed by atoms with Crippen molar-refractivity contribution in [1.82, 2.24) is 4.98 Å². The Hall–Kier alpha value is -0.960. The van der Waals surface area contributed by atoms with Gasteiger partial charge in [0.2, 0.25) is 0 Å². The fourth-order valence-electron chi connectivity index (χ4n) is 2.11. The molecule has 0 aliphatic heterocycles. The van der Waals surface area contributed by atoms with Gasteiger partial charge in [0.15, 0.2) is 5.82 Å². The highest BCUT2D eigenvalue weighted by atomic mass is 35.5. The summed E-state index contributed by atoms with van der Waals surface area (Å²) in [5, 5.41) is 3.89. The maximum atomic E-state index is 5.84. The van der Waals surface area contributed by atoms with Crippen molar-refractivity contribution in [3.05, 3.63) is 17.3 Å². The van der Waals surface area contributed by atoms with E-state index in [-0.39, 0.29) is 5.54 Å². The summed E-state index contributed by atoms with van der Waals surface area (Å²) < 4.78 is 0. The molecular weight excluding hydrogens is 210 g/mol. The van der Waals surface area contributed by atoms with Crippen molar-refractivity contribution in [3.8, 4) is 0 Å². The normalized spacial score (nSPS) is 19.1. The molecular formula is C11H16ClN3. The molecule has 4 heteroatoms. The van der Waals surface area contributed by atoms with Crippen molar-refractivity contribution in [2.75, 3.05) is 11.1 Å². The number of anilines is 2. The van der Waals surface area contributed by atoms with Gasteiger partial charge in [-0.15, -0.1) is 0 Å². The van der Waals surface area contributed by atoms with Crippen molar-refractivity contribution in [3.63, 3.8) is 0 Å². The van der Waals surface area contributed by atoms with Crippen LogP contribution in [0.25, 0.3) is 0 Å². The van der Waals surface area contributed by atoms with Crippen molar-refractivity contribution in [2.45, 2.75) is 38.1 Å². The van der Waals surface area contributed by atoms with Crippen molar-refractivity contribution in [2.24, 2.45) is 0 Å². The monoisotopic (exact) mass is 225 g/mol. The summed E-state index contributed by atoms with van der Waals surface area (Å²) >= 11 is 5.84. The van der Waals surface area contributed by atoms with Crippen LogP contribution < -0.4 is 11.1 Å². The standard InChI is InChI=1S/C11H16ClN3/c1-11(6-2-3-7-11)15-10-8(13)4-5-9(12)14-10/h4-5H,2-3,6-7,13H2,1H3,(H,14,15). The van der Waals surface area contributed by atoms with Crippen LogP contribution in [0.2, 0.25) is 5.15 Å². The van der Waals surface area contributed by atoms with Crippen LogP contribution >= 0.6 is 11.6 Å². The molecule has 0 unspecified atom stereocenters. The predicted molar refractivity (Wildman–Crippen MR) is 64.2 cm³/mol. The first kappa shape index (κ1) is 10.6. The number of hydrogen-bond acceptors (Lipinski definition) is 3. The van der Waals surface area contributed by atoms with E-state index in [1.807, 2.05) is 0 Å². The number of hydrogen-bond donors (Lipinski definition) is 2. The molecule has 1 fully saturated rings. The van der Waals surface area contributed by atoms with E-state index in [1.165, 1.54) is 25.7 Å². The van der Waals surface area contributed by atoms with Gasteiger partial charge in [-0.2, -0.15) is 0 Å². The van der Waals surface area contributed by atoms with Crippen LogP contribution in [0.1, 0.15) is 32.6 Å². The molecule has 1 aliphatic carbocycles. The molecule has 1 aromatic heterocycles. The van der Waals surface area contributed by atoms with Crippen LogP contribution in [0.3, 0.4) is 0 Å². The first-order valence-corrected chi connectivity index (χ1v) is 5.67. The van der Waals surface area contributed by atoms with Crippen LogP contribution in [0.4, 0.5) is 11.5 Å². The zero-order chi connectivity index (χ0) is 10.9. The second-order valence-electron chi connectivity index (χ2n) is 4.46. The lowest BCUT2D eigenvalue weighted by Gasteiger charge is -2.26. The molecule has 1 aromatic rings. The summed E-state index contributed by atoms with van der Waals surface area (Å²) in [6.45, 7) is 2.21. The average molecular weight is 226 g/mol. The van der Waals surface area contributed by atoms with Crippen LogP contribution in [0.5, 0.6) is 0 Å². The van der Waals surface area contributed by atoms with E-state index in [4.69, 9.17) is 17.3 Å². The Morgan fingerprint density at radius 3 is 2.73 bits per heavy atom. The quantitative estimate of drug-likeness (QED) is 0.761. The van der Waals surface area contributed by atoms with Crippen LogP contribution in [0.15, 0.2) is 12.1 Å². The van der Waals surface area contributed by atoms with Crippen LogP contribution in [0, 0.1) is 0 Å². The summed E-state index contributed by atoms with van der Waals surface area (Å²) in [5.41, 5.74) is 6.63. The van der Waals surface area contributed by atoms with E-state index < -0.39 is 0 Å². The highest BCUT2D eigenvalue weighted by Gasteiger charge is 2.29. The third-order valence-corrected chi connectivity index (χ3v) is 3.23. The lowest BCUT2D eigenvalue weighted by Crippen LogP contribution is -2.31. The fourth-order valence-corrected chi connectivity index (χ4v) is 2.26. The maximum Gasteiger partial charge on any atom is 0.151 e. The van der Waals surface area contributed by atoms with E-state index in [2.05, 4.69) is 17.2 Å². The molecule has 0 spiro atoms. The number of nitrogens with two attached hydrogens (primary N) is 1. The number of nitrogens with one attached hydrogen (secondary N) is 1. The van der Waals surface area contributed by atoms with Gasteiger partial charge in [-0.1, -0.05) is 24.4 Å². The minimum Gasteiger partial charge on any atom is -0.396 e. The largest absolute Gasteiger partial charge is 0.396 e. The molecule has 1 saturated carbocycles. The van der Waals surface area contributed by atoms with E-state index in [0.29, 0.717) is 16.7 Å². The molecule has 1 aliphatic rings. The molecule has 0 amide bonds. The van der Waals surface area contributed by atoms with E-state index >= 15 is 0 Å². The molecule has 3 N–H and O–H groups in total. The van der Waals surface area contributed by atoms with E-state index in [0.717, 1.165) is 0 Å². The lowest BCUT2D eigenvalue weighted by atomic mass is 10.0. The van der Waals surface area contributed by atoms with Gasteiger partial charge < -0.3 is 11.1 Å². The number of pyridine rings is 1. The SMILES string of the molecule is CC1(Nc2nc(Cl)ccc2N)CCCC1. The highest BCUT2D eigenvalue weighted by Crippen LogP contribution is 2.33. The van der Waals surface area contributed by atoms with Gasteiger partial charge >= 0.3 is 0 Å². The number of aromatic nitrogens is 1. The Morgan fingerprint density at radius 1 is 1.40 bits per heavy atom. The Morgan fingerprint density at radius 2 is 2.07 bits per heavy atom. The van der Waals surface area contributed by atoms with Crippen molar-refractivity contribution in [1.29, 1.82) is 0 Å². The molecule has 0 atom stereocenters. The molecule has 0 saturated heterocycles. The second kappa shape index (κ2) is 3.89. The predicted octanol–water partition coefficient (Wildman–Crippen LogP) is 3.06. The number of rotatable bonds is 2. The third-order valence-electron chi connectivity index (χ3n) is 3.02. The smallest absolute Gasteiger partial charge is 0.151 e. The van der Waals surface area contributed by atoms with Gasteiger partial charge in [0.05, 0.1) is 5.69 Å². The molecule has 0 aromatic carbocycles.